The molecule has 0 aliphatic carbocycles. The highest BCUT2D eigenvalue weighted by atomic mass is 19.1. The van der Waals surface area contributed by atoms with Crippen LogP contribution < -0.4 is 0 Å². The minimum atomic E-state index is -0.426. The van der Waals surface area contributed by atoms with Gasteiger partial charge >= 0.3 is 0 Å². The van der Waals surface area contributed by atoms with Gasteiger partial charge in [-0.05, 0) is 6.08 Å². The predicted molar refractivity (Wildman–Crippen MR) is 30.5 cm³/mol. The Bertz CT molecular complexity index is 84.5. The Balaban J connectivity index is 2.82. The fraction of sp³-hybridized carbons (Fsp3) is 0.500. The summed E-state index contributed by atoms with van der Waals surface area (Å²) in [4.78, 5) is 0. The Morgan fingerprint density at radius 3 is 3.00 bits per heavy atom. The molecule has 1 nitrogen and oxygen atoms in total. The first kappa shape index (κ1) is 7.41. The Hall–Kier alpha value is -0.590. The van der Waals surface area contributed by atoms with Crippen LogP contribution in [-0.2, 0) is 4.74 Å². The number of hydrogen-bond acceptors (Lipinski definition) is 1. The van der Waals surface area contributed by atoms with Crippen LogP contribution in [-0.4, -0.2) is 19.9 Å². The van der Waals surface area contributed by atoms with E-state index in [1.54, 1.807) is 6.08 Å². The first-order valence-electron chi connectivity index (χ1n) is 2.40. The molecule has 8 heavy (non-hydrogen) atoms. The first-order valence-corrected chi connectivity index (χ1v) is 2.40. The monoisotopic (exact) mass is 116 g/mol. The number of ether oxygens (including phenoxy) is 1. The Morgan fingerprint density at radius 2 is 2.50 bits per heavy atom. The molecule has 0 spiro atoms. The lowest BCUT2D eigenvalue weighted by atomic mass is 10.6. The highest BCUT2D eigenvalue weighted by Crippen LogP contribution is 1.75. The third-order valence-corrected chi connectivity index (χ3v) is 0.567. The lowest BCUT2D eigenvalue weighted by Gasteiger charge is -1.91. The zero-order chi connectivity index (χ0) is 6.24. The Labute approximate surface area is 48.5 Å². The lowest BCUT2D eigenvalue weighted by molar-refractivity contribution is 0.144. The summed E-state index contributed by atoms with van der Waals surface area (Å²) in [6.07, 6.45) is 1.61. The molecular weight excluding hydrogens is 107 g/mol. The quantitative estimate of drug-likeness (QED) is 0.397. The molecule has 0 fully saturated rings. The smallest absolute Gasteiger partial charge is 0.113 e. The van der Waals surface area contributed by atoms with Gasteiger partial charge in [0.1, 0.15) is 6.67 Å². The number of halogens is 1. The zero-order valence-corrected chi connectivity index (χ0v) is 4.69. The lowest BCUT2D eigenvalue weighted by Crippen LogP contribution is -1.94. The molecule has 0 aliphatic heterocycles. The second-order valence-corrected chi connectivity index (χ2v) is 1.17. The van der Waals surface area contributed by atoms with Crippen molar-refractivity contribution in [2.24, 2.45) is 0 Å². The molecule has 0 atom stereocenters. The zero-order valence-electron chi connectivity index (χ0n) is 4.69. The fourth-order valence-electron chi connectivity index (χ4n) is 0.256. The van der Waals surface area contributed by atoms with E-state index in [0.717, 1.165) is 0 Å². The summed E-state index contributed by atoms with van der Waals surface area (Å²) < 4.78 is 15.9. The van der Waals surface area contributed by atoms with Crippen molar-refractivity contribution in [1.82, 2.24) is 0 Å². The summed E-state index contributed by atoms with van der Waals surface area (Å²) in [5.41, 5.74) is 2.50. The van der Waals surface area contributed by atoms with Crippen molar-refractivity contribution < 1.29 is 9.13 Å². The van der Waals surface area contributed by atoms with E-state index in [1.807, 2.05) is 0 Å². The topological polar surface area (TPSA) is 9.23 Å². The molecule has 0 saturated heterocycles. The van der Waals surface area contributed by atoms with Gasteiger partial charge in [0, 0.05) is 0 Å². The van der Waals surface area contributed by atoms with Gasteiger partial charge in [-0.15, -0.1) is 5.73 Å². The van der Waals surface area contributed by atoms with Crippen molar-refractivity contribution >= 4 is 0 Å². The van der Waals surface area contributed by atoms with Crippen molar-refractivity contribution in [3.8, 4) is 0 Å². The molecule has 0 heterocycles. The van der Waals surface area contributed by atoms with Crippen LogP contribution in [0.25, 0.3) is 0 Å². The van der Waals surface area contributed by atoms with Gasteiger partial charge in [0.15, 0.2) is 0 Å². The largest absolute Gasteiger partial charge is 0.374 e. The number of alkyl halides is 1. The summed E-state index contributed by atoms with van der Waals surface area (Å²) in [6, 6.07) is 0. The fourth-order valence-corrected chi connectivity index (χ4v) is 0.256. The third-order valence-electron chi connectivity index (χ3n) is 0.567. The van der Waals surface area contributed by atoms with E-state index in [0.29, 0.717) is 6.61 Å². The first-order chi connectivity index (χ1) is 3.91. The summed E-state index contributed by atoms with van der Waals surface area (Å²) in [5, 5.41) is 0. The second kappa shape index (κ2) is 6.41. The van der Waals surface area contributed by atoms with Gasteiger partial charge in [-0.2, -0.15) is 0 Å². The summed E-state index contributed by atoms with van der Waals surface area (Å²) in [5.74, 6) is 0. The third kappa shape index (κ3) is 5.41. The van der Waals surface area contributed by atoms with Gasteiger partial charge in [-0.3, -0.25) is 0 Å². The van der Waals surface area contributed by atoms with Crippen LogP contribution in [0.3, 0.4) is 0 Å². The molecule has 0 aliphatic rings. The van der Waals surface area contributed by atoms with E-state index < -0.39 is 6.67 Å². The van der Waals surface area contributed by atoms with E-state index in [1.165, 1.54) is 0 Å². The van der Waals surface area contributed by atoms with Crippen molar-refractivity contribution in [3.63, 3.8) is 0 Å². The summed E-state index contributed by atoms with van der Waals surface area (Å²) >= 11 is 0. The van der Waals surface area contributed by atoms with Crippen LogP contribution in [0.1, 0.15) is 0 Å². The number of rotatable bonds is 4. The van der Waals surface area contributed by atoms with Crippen LogP contribution in [0.15, 0.2) is 18.4 Å². The normalized spacial score (nSPS) is 8.12. The summed E-state index contributed by atoms with van der Waals surface area (Å²) in [7, 11) is 0. The van der Waals surface area contributed by atoms with Crippen LogP contribution in [0, 0.1) is 0 Å². The predicted octanol–water partition coefficient (Wildman–Crippen LogP) is 1.31. The molecule has 0 aromatic carbocycles. The molecule has 0 saturated carbocycles. The standard InChI is InChI=1S/C6H9FO/c1-2-3-5-8-6-4-7/h3H,1,4-6H2. The van der Waals surface area contributed by atoms with Crippen LogP contribution in [0.5, 0.6) is 0 Å². The van der Waals surface area contributed by atoms with Gasteiger partial charge in [-0.25, -0.2) is 4.39 Å². The maximum absolute atomic E-state index is 11.2. The second-order valence-electron chi connectivity index (χ2n) is 1.17. The van der Waals surface area contributed by atoms with Crippen molar-refractivity contribution in [2.45, 2.75) is 0 Å². The number of hydrogen-bond donors (Lipinski definition) is 0. The van der Waals surface area contributed by atoms with Gasteiger partial charge in [0.05, 0.1) is 13.2 Å². The van der Waals surface area contributed by atoms with Gasteiger partial charge < -0.3 is 4.74 Å². The van der Waals surface area contributed by atoms with Crippen molar-refractivity contribution in [2.75, 3.05) is 19.9 Å². The molecule has 0 rings (SSSR count). The molecular formula is C6H9FO. The van der Waals surface area contributed by atoms with Crippen molar-refractivity contribution in [1.29, 1.82) is 0 Å². The molecule has 0 aromatic heterocycles. The van der Waals surface area contributed by atoms with Crippen LogP contribution >= 0.6 is 0 Å². The van der Waals surface area contributed by atoms with E-state index in [2.05, 4.69) is 12.3 Å². The SMILES string of the molecule is C=C=CCOCCF. The van der Waals surface area contributed by atoms with E-state index in [4.69, 9.17) is 4.74 Å². The summed E-state index contributed by atoms with van der Waals surface area (Å²) in [6.45, 7) is 3.45. The maximum atomic E-state index is 11.2. The van der Waals surface area contributed by atoms with Crippen LogP contribution in [0.4, 0.5) is 4.39 Å². The van der Waals surface area contributed by atoms with Gasteiger partial charge in [-0.1, -0.05) is 6.58 Å². The average molecular weight is 116 g/mol. The molecule has 0 radical (unpaired) electrons. The Kier molecular flexibility index (Phi) is 5.94. The highest BCUT2D eigenvalue weighted by molar-refractivity contribution is 4.74. The van der Waals surface area contributed by atoms with Gasteiger partial charge in [0.25, 0.3) is 0 Å². The maximum Gasteiger partial charge on any atom is 0.113 e. The molecule has 0 amide bonds. The molecule has 0 bridgehead atoms. The average Bonchev–Trinajstić information content (AvgIpc) is 1.81. The van der Waals surface area contributed by atoms with Gasteiger partial charge in [0.2, 0.25) is 0 Å². The molecule has 0 N–H and O–H groups in total. The molecule has 0 unspecified atom stereocenters. The van der Waals surface area contributed by atoms with E-state index in [9.17, 15) is 4.39 Å². The molecule has 0 aromatic rings. The van der Waals surface area contributed by atoms with Crippen LogP contribution in [0.2, 0.25) is 0 Å². The minimum absolute atomic E-state index is 0.165. The van der Waals surface area contributed by atoms with Crippen molar-refractivity contribution in [3.05, 3.63) is 18.4 Å². The highest BCUT2D eigenvalue weighted by Gasteiger charge is 1.78. The molecule has 46 valence electrons. The van der Waals surface area contributed by atoms with E-state index >= 15 is 0 Å². The Morgan fingerprint density at radius 1 is 1.75 bits per heavy atom. The minimum Gasteiger partial charge on any atom is -0.374 e. The molecule has 2 heteroatoms. The van der Waals surface area contributed by atoms with E-state index in [-0.39, 0.29) is 6.61 Å².